The zero-order chi connectivity index (χ0) is 30.8. The molecule has 2 heterocycles. The molecule has 0 aliphatic carbocycles. The van der Waals surface area contributed by atoms with Crippen LogP contribution < -0.4 is 0 Å². The summed E-state index contributed by atoms with van der Waals surface area (Å²) in [5, 5.41) is -0.297. The summed E-state index contributed by atoms with van der Waals surface area (Å²) in [5.74, 6) is -0.436. The van der Waals surface area contributed by atoms with Crippen LogP contribution in [0, 0.1) is 0 Å². The Labute approximate surface area is 258 Å². The maximum atomic E-state index is 12.9. The van der Waals surface area contributed by atoms with E-state index < -0.39 is 0 Å². The Kier molecular flexibility index (Phi) is 13.0. The summed E-state index contributed by atoms with van der Waals surface area (Å²) in [6, 6.07) is 8.35. The molecule has 2 aliphatic heterocycles. The number of carbonyl (C=O) groups is 4. The first-order chi connectivity index (χ1) is 20.0. The summed E-state index contributed by atoms with van der Waals surface area (Å²) in [6.07, 6.45) is 4.89. The van der Waals surface area contributed by atoms with Crippen molar-refractivity contribution in [1.82, 2.24) is 9.80 Å². The van der Waals surface area contributed by atoms with Crippen molar-refractivity contribution in [1.29, 1.82) is 0 Å². The van der Waals surface area contributed by atoms with Gasteiger partial charge >= 0.3 is 11.9 Å². The van der Waals surface area contributed by atoms with E-state index in [0.29, 0.717) is 37.4 Å². The van der Waals surface area contributed by atoms with Gasteiger partial charge in [0.1, 0.15) is 10.7 Å². The predicted octanol–water partition coefficient (Wildman–Crippen LogP) is 6.19. The van der Waals surface area contributed by atoms with Gasteiger partial charge < -0.3 is 19.3 Å². The third-order valence-electron chi connectivity index (χ3n) is 7.25. The maximum Gasteiger partial charge on any atom is 0.333 e. The number of hydrogen-bond donors (Lipinski definition) is 0. The van der Waals surface area contributed by atoms with Crippen LogP contribution in [0.3, 0.4) is 0 Å². The van der Waals surface area contributed by atoms with Gasteiger partial charge in [-0.05, 0) is 77.3 Å². The van der Waals surface area contributed by atoms with Crippen molar-refractivity contribution in [2.45, 2.75) is 87.5 Å². The molecule has 4 atom stereocenters. The number of nitrogens with zero attached hydrogens (tertiary/aromatic N) is 2. The van der Waals surface area contributed by atoms with E-state index in [1.54, 1.807) is 37.4 Å². The van der Waals surface area contributed by atoms with Crippen LogP contribution in [0.4, 0.5) is 0 Å². The molecule has 0 saturated carbocycles. The zero-order valence-corrected chi connectivity index (χ0v) is 26.9. The second kappa shape index (κ2) is 16.2. The number of carbonyl (C=O) groups excluding carboxylic acids is 4. The van der Waals surface area contributed by atoms with Gasteiger partial charge in [-0.3, -0.25) is 9.59 Å². The van der Waals surface area contributed by atoms with Crippen molar-refractivity contribution < 1.29 is 28.7 Å². The third kappa shape index (κ3) is 9.14. The molecule has 42 heavy (non-hydrogen) atoms. The fraction of sp³-hybridized carbons (Fsp3) is 0.562. The number of benzene rings is 1. The molecule has 0 radical (unpaired) electrons. The van der Waals surface area contributed by atoms with E-state index in [1.807, 2.05) is 23.6 Å². The van der Waals surface area contributed by atoms with Gasteiger partial charge in [-0.25, -0.2) is 9.59 Å². The highest BCUT2D eigenvalue weighted by molar-refractivity contribution is 8.01. The summed E-state index contributed by atoms with van der Waals surface area (Å²) in [4.78, 5) is 52.9. The number of esters is 2. The van der Waals surface area contributed by atoms with Gasteiger partial charge in [-0.2, -0.15) is 0 Å². The average molecular weight is 617 g/mol. The topological polar surface area (TPSA) is 93.2 Å². The first-order valence-electron chi connectivity index (χ1n) is 14.7. The van der Waals surface area contributed by atoms with Crippen molar-refractivity contribution in [3.63, 3.8) is 0 Å². The quantitative estimate of drug-likeness (QED) is 0.123. The van der Waals surface area contributed by atoms with Crippen LogP contribution in [0.25, 0.3) is 0 Å². The van der Waals surface area contributed by atoms with Gasteiger partial charge in [0.05, 0.1) is 23.7 Å². The molecule has 0 bridgehead atoms. The summed E-state index contributed by atoms with van der Waals surface area (Å²) in [7, 11) is 0. The molecule has 3 rings (SSSR count). The molecule has 1 aromatic carbocycles. The lowest BCUT2D eigenvalue weighted by Gasteiger charge is -2.26. The SMILES string of the molecule is C=C(C)C(=O)OCCCCCN1C(=O)C(C)SC1c1ccc(C2SC(C)C(=O)N2CCCCCOC(=O)C(=C)C)cc1. The number of ether oxygens (including phenoxy) is 2. The van der Waals surface area contributed by atoms with Gasteiger partial charge in [0, 0.05) is 24.2 Å². The monoisotopic (exact) mass is 616 g/mol. The van der Waals surface area contributed by atoms with E-state index >= 15 is 0 Å². The van der Waals surface area contributed by atoms with Gasteiger partial charge in [0.2, 0.25) is 11.8 Å². The van der Waals surface area contributed by atoms with Gasteiger partial charge in [0.25, 0.3) is 0 Å². The minimum Gasteiger partial charge on any atom is -0.462 e. The molecule has 2 amide bonds. The van der Waals surface area contributed by atoms with Crippen LogP contribution in [0.5, 0.6) is 0 Å². The second-order valence-electron chi connectivity index (χ2n) is 10.9. The van der Waals surface area contributed by atoms with E-state index in [1.165, 1.54) is 0 Å². The Morgan fingerprint density at radius 3 is 1.38 bits per heavy atom. The summed E-state index contributed by atoms with van der Waals surface area (Å²) in [6.45, 7) is 16.4. The van der Waals surface area contributed by atoms with Crippen molar-refractivity contribution in [2.24, 2.45) is 0 Å². The predicted molar refractivity (Wildman–Crippen MR) is 169 cm³/mol. The Bertz CT molecular complexity index is 1070. The summed E-state index contributed by atoms with van der Waals surface area (Å²) < 4.78 is 10.3. The minimum atomic E-state index is -0.366. The minimum absolute atomic E-state index is 0.0466. The van der Waals surface area contributed by atoms with Crippen LogP contribution in [-0.2, 0) is 28.7 Å². The fourth-order valence-corrected chi connectivity index (χ4v) is 7.46. The van der Waals surface area contributed by atoms with Gasteiger partial charge in [-0.15, -0.1) is 23.5 Å². The highest BCUT2D eigenvalue weighted by atomic mass is 32.2. The molecule has 0 N–H and O–H groups in total. The smallest absolute Gasteiger partial charge is 0.333 e. The number of rotatable bonds is 16. The molecular weight excluding hydrogens is 572 g/mol. The normalized spacial score (nSPS) is 22.0. The standard InChI is InChI=1S/C32H44N2O6S2/c1-21(2)31(37)39-19-11-7-9-17-33-27(35)23(5)41-29(33)25-13-15-26(16-14-25)30-34(28(36)24(6)42-30)18-10-8-12-20-40-32(38)22(3)4/h13-16,23-24,29-30H,1,3,7-12,17-20H2,2,4-6H3. The lowest BCUT2D eigenvalue weighted by atomic mass is 10.1. The van der Waals surface area contributed by atoms with Crippen LogP contribution in [0.2, 0.25) is 0 Å². The Morgan fingerprint density at radius 2 is 1.05 bits per heavy atom. The Morgan fingerprint density at radius 1 is 0.690 bits per heavy atom. The molecule has 1 aromatic rings. The second-order valence-corrected chi connectivity index (χ2v) is 13.8. The van der Waals surface area contributed by atoms with E-state index in [4.69, 9.17) is 9.47 Å². The van der Waals surface area contributed by atoms with Gasteiger partial charge in [0.15, 0.2) is 0 Å². The van der Waals surface area contributed by atoms with Crippen LogP contribution in [0.15, 0.2) is 48.6 Å². The van der Waals surface area contributed by atoms with Crippen LogP contribution in [0.1, 0.15) is 88.1 Å². The number of thioether (sulfide) groups is 2. The molecule has 0 spiro atoms. The molecule has 0 aromatic heterocycles. The highest BCUT2D eigenvalue weighted by Crippen LogP contribution is 2.46. The Hall–Kier alpha value is -2.72. The summed E-state index contributed by atoms with van der Waals surface area (Å²) in [5.41, 5.74) is 2.95. The first kappa shape index (κ1) is 33.8. The zero-order valence-electron chi connectivity index (χ0n) is 25.3. The van der Waals surface area contributed by atoms with Crippen molar-refractivity contribution in [2.75, 3.05) is 26.3 Å². The van der Waals surface area contributed by atoms with Crippen LogP contribution in [-0.4, -0.2) is 70.4 Å². The first-order valence-corrected chi connectivity index (χ1v) is 16.6. The molecule has 230 valence electrons. The van der Waals surface area contributed by atoms with Crippen LogP contribution >= 0.6 is 23.5 Å². The van der Waals surface area contributed by atoms with E-state index in [9.17, 15) is 19.2 Å². The van der Waals surface area contributed by atoms with E-state index in [2.05, 4.69) is 37.4 Å². The number of unbranched alkanes of at least 4 members (excludes halogenated alkanes) is 4. The lowest BCUT2D eigenvalue weighted by molar-refractivity contribution is -0.139. The summed E-state index contributed by atoms with van der Waals surface area (Å²) >= 11 is 3.32. The molecule has 10 heteroatoms. The number of hydrogen-bond acceptors (Lipinski definition) is 8. The van der Waals surface area contributed by atoms with Crippen molar-refractivity contribution in [3.8, 4) is 0 Å². The Balaban J connectivity index is 1.53. The number of amides is 2. The van der Waals surface area contributed by atoms with Crippen molar-refractivity contribution in [3.05, 3.63) is 59.7 Å². The molecule has 8 nitrogen and oxygen atoms in total. The molecular formula is C32H44N2O6S2. The van der Waals surface area contributed by atoms with Crippen molar-refractivity contribution >= 4 is 47.3 Å². The molecule has 2 aliphatic rings. The maximum absolute atomic E-state index is 12.9. The third-order valence-corrected chi connectivity index (χ3v) is 10.0. The molecule has 2 fully saturated rings. The highest BCUT2D eigenvalue weighted by Gasteiger charge is 2.40. The fourth-order valence-electron chi connectivity index (χ4n) is 4.84. The average Bonchev–Trinajstić information content (AvgIpc) is 3.41. The van der Waals surface area contributed by atoms with E-state index in [-0.39, 0.29) is 45.0 Å². The largest absolute Gasteiger partial charge is 0.462 e. The van der Waals surface area contributed by atoms with E-state index in [0.717, 1.165) is 49.7 Å². The lowest BCUT2D eigenvalue weighted by Crippen LogP contribution is -2.31. The molecule has 4 unspecified atom stereocenters. The molecule has 2 saturated heterocycles. The van der Waals surface area contributed by atoms with Gasteiger partial charge in [-0.1, -0.05) is 37.4 Å².